The minimum absolute atomic E-state index is 0.745. The third-order valence-corrected chi connectivity index (χ3v) is 3.71. The van der Waals surface area contributed by atoms with Crippen molar-refractivity contribution in [3.05, 3.63) is 59.2 Å². The lowest BCUT2D eigenvalue weighted by Gasteiger charge is -2.09. The van der Waals surface area contributed by atoms with Crippen molar-refractivity contribution in [2.75, 3.05) is 13.1 Å². The van der Waals surface area contributed by atoms with Gasteiger partial charge < -0.3 is 5.32 Å². The highest BCUT2D eigenvalue weighted by atomic mass is 14.8. The number of fused-ring (bicyclic) bond motifs is 1. The summed E-state index contributed by atoms with van der Waals surface area (Å²) in [6.45, 7) is 2.09. The molecule has 19 heavy (non-hydrogen) atoms. The van der Waals surface area contributed by atoms with Crippen molar-refractivity contribution >= 4 is 0 Å². The fourth-order valence-corrected chi connectivity index (χ4v) is 2.67. The first-order valence-electron chi connectivity index (χ1n) is 6.70. The fourth-order valence-electron chi connectivity index (χ4n) is 2.67. The minimum atomic E-state index is 0.745. The van der Waals surface area contributed by atoms with E-state index in [2.05, 4.69) is 29.6 Å². The quantitative estimate of drug-likeness (QED) is 0.842. The van der Waals surface area contributed by atoms with Gasteiger partial charge in [-0.2, -0.15) is 5.26 Å². The van der Waals surface area contributed by atoms with E-state index in [-0.39, 0.29) is 0 Å². The van der Waals surface area contributed by atoms with E-state index in [4.69, 9.17) is 0 Å². The molecule has 0 saturated carbocycles. The normalized spacial score (nSPS) is 14.3. The minimum Gasteiger partial charge on any atom is -0.316 e. The Labute approximate surface area is 113 Å². The SMILES string of the molecule is N#Cc1ccccc1-c1ccc2c(c1)CCNCC2. The highest BCUT2D eigenvalue weighted by Gasteiger charge is 2.10. The Balaban J connectivity index is 2.07. The van der Waals surface area contributed by atoms with Crippen LogP contribution in [-0.2, 0) is 12.8 Å². The zero-order valence-electron chi connectivity index (χ0n) is 10.8. The van der Waals surface area contributed by atoms with Crippen LogP contribution in [0.1, 0.15) is 16.7 Å². The van der Waals surface area contributed by atoms with E-state index in [1.54, 1.807) is 0 Å². The number of rotatable bonds is 1. The molecular formula is C17H16N2. The fraction of sp³-hybridized carbons (Fsp3) is 0.235. The van der Waals surface area contributed by atoms with Crippen molar-refractivity contribution in [2.24, 2.45) is 0 Å². The van der Waals surface area contributed by atoms with Crippen LogP contribution >= 0.6 is 0 Å². The summed E-state index contributed by atoms with van der Waals surface area (Å²) in [6, 6.07) is 16.7. The van der Waals surface area contributed by atoms with Crippen LogP contribution < -0.4 is 5.32 Å². The van der Waals surface area contributed by atoms with Crippen LogP contribution in [0.4, 0.5) is 0 Å². The summed E-state index contributed by atoms with van der Waals surface area (Å²) in [5, 5.41) is 12.6. The molecule has 0 aromatic heterocycles. The van der Waals surface area contributed by atoms with Gasteiger partial charge in [-0.3, -0.25) is 0 Å². The molecule has 3 rings (SSSR count). The molecule has 0 bridgehead atoms. The Morgan fingerprint density at radius 3 is 2.58 bits per heavy atom. The van der Waals surface area contributed by atoms with Crippen molar-refractivity contribution in [2.45, 2.75) is 12.8 Å². The van der Waals surface area contributed by atoms with Crippen molar-refractivity contribution in [3.8, 4) is 17.2 Å². The zero-order valence-corrected chi connectivity index (χ0v) is 10.8. The van der Waals surface area contributed by atoms with Gasteiger partial charge in [-0.05, 0) is 54.3 Å². The Morgan fingerprint density at radius 2 is 1.74 bits per heavy atom. The molecule has 0 fully saturated rings. The molecule has 0 amide bonds. The van der Waals surface area contributed by atoms with Gasteiger partial charge in [0.1, 0.15) is 0 Å². The second-order valence-electron chi connectivity index (χ2n) is 4.89. The van der Waals surface area contributed by atoms with Gasteiger partial charge in [-0.25, -0.2) is 0 Å². The molecule has 0 atom stereocenters. The molecule has 1 aliphatic heterocycles. The Bertz CT molecular complexity index is 638. The third kappa shape index (κ3) is 2.38. The molecule has 2 heteroatoms. The summed E-state index contributed by atoms with van der Waals surface area (Å²) < 4.78 is 0. The molecule has 1 N–H and O–H groups in total. The van der Waals surface area contributed by atoms with Gasteiger partial charge in [-0.15, -0.1) is 0 Å². The highest BCUT2D eigenvalue weighted by molar-refractivity contribution is 5.71. The number of hydrogen-bond acceptors (Lipinski definition) is 2. The molecule has 0 spiro atoms. The van der Waals surface area contributed by atoms with Gasteiger partial charge in [0.05, 0.1) is 11.6 Å². The first-order chi connectivity index (χ1) is 9.38. The predicted molar refractivity (Wildman–Crippen MR) is 76.9 cm³/mol. The van der Waals surface area contributed by atoms with Crippen LogP contribution in [0.2, 0.25) is 0 Å². The lowest BCUT2D eigenvalue weighted by Crippen LogP contribution is -2.16. The summed E-state index contributed by atoms with van der Waals surface area (Å²) >= 11 is 0. The van der Waals surface area contributed by atoms with Crippen LogP contribution in [0.5, 0.6) is 0 Å². The number of benzene rings is 2. The van der Waals surface area contributed by atoms with E-state index < -0.39 is 0 Å². The van der Waals surface area contributed by atoms with Crippen molar-refractivity contribution in [3.63, 3.8) is 0 Å². The summed E-state index contributed by atoms with van der Waals surface area (Å²) in [7, 11) is 0. The first-order valence-corrected chi connectivity index (χ1v) is 6.70. The highest BCUT2D eigenvalue weighted by Crippen LogP contribution is 2.26. The van der Waals surface area contributed by atoms with E-state index in [9.17, 15) is 5.26 Å². The largest absolute Gasteiger partial charge is 0.316 e. The molecule has 1 heterocycles. The van der Waals surface area contributed by atoms with Gasteiger partial charge in [0.25, 0.3) is 0 Å². The van der Waals surface area contributed by atoms with Gasteiger partial charge in [0.2, 0.25) is 0 Å². The maximum absolute atomic E-state index is 9.20. The van der Waals surface area contributed by atoms with Crippen molar-refractivity contribution in [1.82, 2.24) is 5.32 Å². The maximum Gasteiger partial charge on any atom is 0.0998 e. The molecule has 0 radical (unpaired) electrons. The number of nitrogens with one attached hydrogen (secondary N) is 1. The molecule has 2 aromatic carbocycles. The van der Waals surface area contributed by atoms with E-state index in [0.29, 0.717) is 0 Å². The zero-order chi connectivity index (χ0) is 13.1. The Hall–Kier alpha value is -2.11. The van der Waals surface area contributed by atoms with E-state index in [1.807, 2.05) is 24.3 Å². The second kappa shape index (κ2) is 5.26. The molecule has 0 unspecified atom stereocenters. The second-order valence-corrected chi connectivity index (χ2v) is 4.89. The van der Waals surface area contributed by atoms with Gasteiger partial charge in [0.15, 0.2) is 0 Å². The summed E-state index contributed by atoms with van der Waals surface area (Å²) in [6.07, 6.45) is 2.16. The van der Waals surface area contributed by atoms with E-state index >= 15 is 0 Å². The average Bonchev–Trinajstić information content (AvgIpc) is 2.71. The molecular weight excluding hydrogens is 232 g/mol. The van der Waals surface area contributed by atoms with E-state index in [1.165, 1.54) is 11.1 Å². The summed E-state index contributed by atoms with van der Waals surface area (Å²) in [5.74, 6) is 0. The molecule has 2 aromatic rings. The van der Waals surface area contributed by atoms with Crippen molar-refractivity contribution < 1.29 is 0 Å². The molecule has 2 nitrogen and oxygen atoms in total. The molecule has 1 aliphatic rings. The lowest BCUT2D eigenvalue weighted by atomic mass is 9.94. The topological polar surface area (TPSA) is 35.8 Å². The van der Waals surface area contributed by atoms with Crippen LogP contribution in [0.15, 0.2) is 42.5 Å². The Morgan fingerprint density at radius 1 is 0.947 bits per heavy atom. The predicted octanol–water partition coefficient (Wildman–Crippen LogP) is 2.91. The third-order valence-electron chi connectivity index (χ3n) is 3.71. The first kappa shape index (κ1) is 12.0. The molecule has 94 valence electrons. The number of nitriles is 1. The number of nitrogens with zero attached hydrogens (tertiary/aromatic N) is 1. The van der Waals surface area contributed by atoms with Crippen LogP contribution in [-0.4, -0.2) is 13.1 Å². The van der Waals surface area contributed by atoms with Gasteiger partial charge >= 0.3 is 0 Å². The van der Waals surface area contributed by atoms with Crippen molar-refractivity contribution in [1.29, 1.82) is 5.26 Å². The standard InChI is InChI=1S/C17H16N2/c18-12-16-3-1-2-4-17(16)15-6-5-13-7-9-19-10-8-14(13)11-15/h1-6,11,19H,7-10H2. The lowest BCUT2D eigenvalue weighted by molar-refractivity contribution is 0.711. The van der Waals surface area contributed by atoms with Crippen LogP contribution in [0.3, 0.4) is 0 Å². The monoisotopic (exact) mass is 248 g/mol. The van der Waals surface area contributed by atoms with Gasteiger partial charge in [-0.1, -0.05) is 36.4 Å². The average molecular weight is 248 g/mol. The van der Waals surface area contributed by atoms with E-state index in [0.717, 1.165) is 42.6 Å². The van der Waals surface area contributed by atoms with Crippen LogP contribution in [0.25, 0.3) is 11.1 Å². The number of hydrogen-bond donors (Lipinski definition) is 1. The maximum atomic E-state index is 9.20. The smallest absolute Gasteiger partial charge is 0.0998 e. The summed E-state index contributed by atoms with van der Waals surface area (Å²) in [5.41, 5.74) is 5.77. The molecule has 0 saturated heterocycles. The van der Waals surface area contributed by atoms with Crippen LogP contribution in [0, 0.1) is 11.3 Å². The summed E-state index contributed by atoms with van der Waals surface area (Å²) in [4.78, 5) is 0. The van der Waals surface area contributed by atoms with Gasteiger partial charge in [0, 0.05) is 0 Å². The Kier molecular flexibility index (Phi) is 3.31. The molecule has 0 aliphatic carbocycles.